The average molecular weight is 367 g/mol. The van der Waals surface area contributed by atoms with E-state index in [2.05, 4.69) is 27.2 Å². The molecular formula is C19H21N5OS. The number of pyridine rings is 2. The van der Waals surface area contributed by atoms with Crippen molar-refractivity contribution in [2.24, 2.45) is 0 Å². The molecule has 0 aliphatic heterocycles. The van der Waals surface area contributed by atoms with Crippen LogP contribution in [0.5, 0.6) is 0 Å². The number of rotatable bonds is 7. The van der Waals surface area contributed by atoms with E-state index in [1.807, 2.05) is 41.7 Å². The van der Waals surface area contributed by atoms with E-state index < -0.39 is 0 Å². The fraction of sp³-hybridized carbons (Fsp3) is 0.263. The summed E-state index contributed by atoms with van der Waals surface area (Å²) in [7, 11) is 1.96. The van der Waals surface area contributed by atoms with Crippen molar-refractivity contribution >= 4 is 23.1 Å². The maximum absolute atomic E-state index is 12.3. The Kier molecular flexibility index (Phi) is 5.91. The topological polar surface area (TPSA) is 71.0 Å². The number of hydrogen-bond donors (Lipinski definition) is 1. The van der Waals surface area contributed by atoms with Crippen molar-refractivity contribution in [3.63, 3.8) is 0 Å². The van der Waals surface area contributed by atoms with Crippen molar-refractivity contribution in [2.45, 2.75) is 26.4 Å². The number of carbonyl (C=O) groups excluding carboxylic acids is 1. The maximum Gasteiger partial charge on any atom is 0.253 e. The summed E-state index contributed by atoms with van der Waals surface area (Å²) >= 11 is 1.57. The van der Waals surface area contributed by atoms with E-state index in [-0.39, 0.29) is 5.91 Å². The quantitative estimate of drug-likeness (QED) is 0.695. The number of thiazole rings is 1. The molecule has 7 heteroatoms. The molecule has 26 heavy (non-hydrogen) atoms. The van der Waals surface area contributed by atoms with Gasteiger partial charge in [0.15, 0.2) is 0 Å². The zero-order chi connectivity index (χ0) is 18.4. The van der Waals surface area contributed by atoms with Crippen LogP contribution in [0.4, 0.5) is 5.82 Å². The number of nitrogens with zero attached hydrogens (tertiary/aromatic N) is 4. The lowest BCUT2D eigenvalue weighted by Crippen LogP contribution is -2.23. The maximum atomic E-state index is 12.3. The summed E-state index contributed by atoms with van der Waals surface area (Å²) in [5.74, 6) is 0.658. The molecule has 0 fully saturated rings. The van der Waals surface area contributed by atoms with Gasteiger partial charge in [-0.3, -0.25) is 9.78 Å². The molecule has 1 N–H and O–H groups in total. The summed E-state index contributed by atoms with van der Waals surface area (Å²) in [4.78, 5) is 27.2. The number of aromatic nitrogens is 3. The van der Waals surface area contributed by atoms with Crippen LogP contribution in [-0.4, -0.2) is 27.9 Å². The molecule has 0 spiro atoms. The highest BCUT2D eigenvalue weighted by Crippen LogP contribution is 2.13. The summed E-state index contributed by atoms with van der Waals surface area (Å²) in [6, 6.07) is 7.57. The Morgan fingerprint density at radius 3 is 2.81 bits per heavy atom. The van der Waals surface area contributed by atoms with Gasteiger partial charge in [-0.25, -0.2) is 9.97 Å². The number of amides is 1. The van der Waals surface area contributed by atoms with Gasteiger partial charge in [-0.2, -0.15) is 0 Å². The van der Waals surface area contributed by atoms with Gasteiger partial charge in [-0.05, 0) is 30.2 Å². The van der Waals surface area contributed by atoms with Crippen molar-refractivity contribution in [3.8, 4) is 0 Å². The molecule has 0 aliphatic carbocycles. The van der Waals surface area contributed by atoms with Crippen LogP contribution in [0.25, 0.3) is 0 Å². The molecular weight excluding hydrogens is 346 g/mol. The molecule has 134 valence electrons. The SMILES string of the molecule is CCc1csc(CNC(=O)c2ccc(N(C)Cc3cccnc3)nc2)n1. The molecule has 3 aromatic heterocycles. The molecule has 0 unspecified atom stereocenters. The first-order valence-electron chi connectivity index (χ1n) is 8.43. The highest BCUT2D eigenvalue weighted by molar-refractivity contribution is 7.09. The van der Waals surface area contributed by atoms with E-state index in [4.69, 9.17) is 0 Å². The molecule has 0 saturated heterocycles. The molecule has 0 atom stereocenters. The Labute approximate surface area is 157 Å². The molecule has 3 aromatic rings. The van der Waals surface area contributed by atoms with Crippen LogP contribution < -0.4 is 10.2 Å². The van der Waals surface area contributed by atoms with Crippen molar-refractivity contribution in [3.05, 3.63) is 70.1 Å². The van der Waals surface area contributed by atoms with Crippen LogP contribution >= 0.6 is 11.3 Å². The molecule has 0 saturated carbocycles. The van der Waals surface area contributed by atoms with Gasteiger partial charge in [0.1, 0.15) is 10.8 Å². The van der Waals surface area contributed by atoms with Gasteiger partial charge in [-0.1, -0.05) is 13.0 Å². The second kappa shape index (κ2) is 8.53. The number of carbonyl (C=O) groups is 1. The molecule has 6 nitrogen and oxygen atoms in total. The summed E-state index contributed by atoms with van der Waals surface area (Å²) in [6.07, 6.45) is 6.09. The van der Waals surface area contributed by atoms with Crippen LogP contribution in [0.3, 0.4) is 0 Å². The second-order valence-corrected chi connectivity index (χ2v) is 6.83. The van der Waals surface area contributed by atoms with Crippen LogP contribution in [0.2, 0.25) is 0 Å². The Hall–Kier alpha value is -2.80. The number of aryl methyl sites for hydroxylation is 1. The van der Waals surface area contributed by atoms with E-state index >= 15 is 0 Å². The molecule has 0 radical (unpaired) electrons. The van der Waals surface area contributed by atoms with E-state index in [1.54, 1.807) is 29.8 Å². The van der Waals surface area contributed by atoms with Crippen LogP contribution in [0, 0.1) is 0 Å². The number of hydrogen-bond acceptors (Lipinski definition) is 6. The van der Waals surface area contributed by atoms with Gasteiger partial charge < -0.3 is 10.2 Å². The summed E-state index contributed by atoms with van der Waals surface area (Å²) in [5, 5.41) is 5.82. The van der Waals surface area contributed by atoms with Gasteiger partial charge in [-0.15, -0.1) is 11.3 Å². The molecule has 3 heterocycles. The predicted molar refractivity (Wildman–Crippen MR) is 103 cm³/mol. The third-order valence-electron chi connectivity index (χ3n) is 3.91. The van der Waals surface area contributed by atoms with Crippen LogP contribution in [0.1, 0.15) is 33.5 Å². The molecule has 0 bridgehead atoms. The third-order valence-corrected chi connectivity index (χ3v) is 4.80. The second-order valence-electron chi connectivity index (χ2n) is 5.89. The lowest BCUT2D eigenvalue weighted by Gasteiger charge is -2.18. The lowest BCUT2D eigenvalue weighted by molar-refractivity contribution is 0.0950. The minimum atomic E-state index is -0.146. The van der Waals surface area contributed by atoms with Gasteiger partial charge in [0.05, 0.1) is 17.8 Å². The fourth-order valence-electron chi connectivity index (χ4n) is 2.44. The average Bonchev–Trinajstić information content (AvgIpc) is 3.15. The third kappa shape index (κ3) is 4.64. The van der Waals surface area contributed by atoms with Crippen molar-refractivity contribution in [1.82, 2.24) is 20.3 Å². The lowest BCUT2D eigenvalue weighted by atomic mass is 10.2. The molecule has 3 rings (SSSR count). The molecule has 0 aliphatic rings. The Morgan fingerprint density at radius 2 is 2.15 bits per heavy atom. The summed E-state index contributed by atoms with van der Waals surface area (Å²) in [5.41, 5.74) is 2.70. The highest BCUT2D eigenvalue weighted by atomic mass is 32.1. The number of nitrogens with one attached hydrogen (secondary N) is 1. The van der Waals surface area contributed by atoms with Crippen molar-refractivity contribution in [2.75, 3.05) is 11.9 Å². The fourth-order valence-corrected chi connectivity index (χ4v) is 3.26. The van der Waals surface area contributed by atoms with Crippen LogP contribution in [-0.2, 0) is 19.5 Å². The van der Waals surface area contributed by atoms with Gasteiger partial charge >= 0.3 is 0 Å². The Bertz CT molecular complexity index is 848. The zero-order valence-corrected chi connectivity index (χ0v) is 15.7. The van der Waals surface area contributed by atoms with E-state index in [0.717, 1.165) is 28.5 Å². The monoisotopic (exact) mass is 367 g/mol. The molecule has 0 aromatic carbocycles. The largest absolute Gasteiger partial charge is 0.355 e. The normalized spacial score (nSPS) is 10.5. The van der Waals surface area contributed by atoms with Crippen molar-refractivity contribution in [1.29, 1.82) is 0 Å². The van der Waals surface area contributed by atoms with Crippen LogP contribution in [0.15, 0.2) is 48.2 Å². The minimum Gasteiger partial charge on any atom is -0.355 e. The van der Waals surface area contributed by atoms with E-state index in [1.165, 1.54) is 0 Å². The first-order chi connectivity index (χ1) is 12.7. The standard InChI is InChI=1S/C19H21N5OS/c1-3-16-13-26-18(23-16)11-22-19(25)15-6-7-17(21-10-15)24(2)12-14-5-4-8-20-9-14/h4-10,13H,3,11-12H2,1-2H3,(H,22,25). The Morgan fingerprint density at radius 1 is 1.27 bits per heavy atom. The number of anilines is 1. The Balaban J connectivity index is 1.56. The van der Waals surface area contributed by atoms with Crippen molar-refractivity contribution < 1.29 is 4.79 Å². The first kappa shape index (κ1) is 18.0. The highest BCUT2D eigenvalue weighted by Gasteiger charge is 2.09. The minimum absolute atomic E-state index is 0.146. The first-order valence-corrected chi connectivity index (χ1v) is 9.31. The van der Waals surface area contributed by atoms with E-state index in [9.17, 15) is 4.79 Å². The van der Waals surface area contributed by atoms with Gasteiger partial charge in [0.2, 0.25) is 0 Å². The van der Waals surface area contributed by atoms with E-state index in [0.29, 0.717) is 18.7 Å². The van der Waals surface area contributed by atoms with Gasteiger partial charge in [0, 0.05) is 37.6 Å². The summed E-state index contributed by atoms with van der Waals surface area (Å²) < 4.78 is 0. The zero-order valence-electron chi connectivity index (χ0n) is 14.8. The van der Waals surface area contributed by atoms with Gasteiger partial charge in [0.25, 0.3) is 5.91 Å². The summed E-state index contributed by atoms with van der Waals surface area (Å²) in [6.45, 7) is 3.21. The smallest absolute Gasteiger partial charge is 0.253 e. The predicted octanol–water partition coefficient (Wildman–Crippen LogP) is 3.06. The molecule has 1 amide bonds.